The summed E-state index contributed by atoms with van der Waals surface area (Å²) >= 11 is 11.2. The molecule has 1 aliphatic carbocycles. The lowest BCUT2D eigenvalue weighted by Gasteiger charge is -2.08. The van der Waals surface area contributed by atoms with Crippen molar-refractivity contribution in [2.45, 2.75) is 18.9 Å². The second-order valence-corrected chi connectivity index (χ2v) is 4.55. The van der Waals surface area contributed by atoms with Crippen molar-refractivity contribution in [1.29, 1.82) is 0 Å². The van der Waals surface area contributed by atoms with E-state index in [1.807, 2.05) is 18.2 Å². The summed E-state index contributed by atoms with van der Waals surface area (Å²) in [4.78, 5) is 0. The molecule has 0 bridgehead atoms. The van der Waals surface area contributed by atoms with Crippen LogP contribution in [0, 0.1) is 0 Å². The van der Waals surface area contributed by atoms with Gasteiger partial charge in [-0.2, -0.15) is 0 Å². The Bertz CT molecular complexity index is 417. The highest BCUT2D eigenvalue weighted by molar-refractivity contribution is 6.36. The van der Waals surface area contributed by atoms with Crippen LogP contribution in [0.2, 0.25) is 0 Å². The summed E-state index contributed by atoms with van der Waals surface area (Å²) in [6.45, 7) is 0.301. The molecular weight excluding hydrogens is 245 g/mol. The van der Waals surface area contributed by atoms with E-state index in [2.05, 4.69) is 0 Å². The van der Waals surface area contributed by atoms with Crippen molar-refractivity contribution in [3.05, 3.63) is 39.9 Å². The monoisotopic (exact) mass is 257 g/mol. The number of halogens is 2. The topological polar surface area (TPSA) is 35.2 Å². The molecule has 0 fully saturated rings. The summed E-state index contributed by atoms with van der Waals surface area (Å²) < 4.78 is 5.49. The molecule has 1 aromatic rings. The standard InChI is InChI=1S/C12H13Cl2NO/c13-6-9(14)7-16-10-2-3-11-8(5-10)1-4-12(11)15/h2-3,5-6,12H,1,4,7,15H2/b9-6-. The van der Waals surface area contributed by atoms with Crippen molar-refractivity contribution in [2.24, 2.45) is 5.73 Å². The van der Waals surface area contributed by atoms with Crippen LogP contribution < -0.4 is 10.5 Å². The van der Waals surface area contributed by atoms with Crippen LogP contribution in [-0.4, -0.2) is 6.61 Å². The Hall–Kier alpha value is -0.700. The van der Waals surface area contributed by atoms with Gasteiger partial charge in [0.1, 0.15) is 12.4 Å². The predicted octanol–water partition coefficient (Wildman–Crippen LogP) is 3.33. The zero-order chi connectivity index (χ0) is 11.5. The Morgan fingerprint density at radius 2 is 2.38 bits per heavy atom. The Labute approximate surface area is 105 Å². The van der Waals surface area contributed by atoms with Crippen LogP contribution in [0.4, 0.5) is 0 Å². The van der Waals surface area contributed by atoms with Crippen LogP contribution in [0.3, 0.4) is 0 Å². The van der Waals surface area contributed by atoms with Crippen molar-refractivity contribution in [1.82, 2.24) is 0 Å². The SMILES string of the molecule is NC1CCc2cc(OC/C(Cl)=C/Cl)ccc21. The first-order chi connectivity index (χ1) is 7.70. The fourth-order valence-electron chi connectivity index (χ4n) is 1.90. The molecule has 0 amide bonds. The molecule has 16 heavy (non-hydrogen) atoms. The predicted molar refractivity (Wildman–Crippen MR) is 67.0 cm³/mol. The van der Waals surface area contributed by atoms with Crippen molar-refractivity contribution in [2.75, 3.05) is 6.61 Å². The molecule has 0 spiro atoms. The van der Waals surface area contributed by atoms with E-state index in [0.717, 1.165) is 18.6 Å². The summed E-state index contributed by atoms with van der Waals surface area (Å²) in [7, 11) is 0. The third kappa shape index (κ3) is 2.51. The molecule has 1 atom stereocenters. The van der Waals surface area contributed by atoms with E-state index in [-0.39, 0.29) is 6.04 Å². The number of aryl methyl sites for hydroxylation is 1. The normalized spacial score (nSPS) is 19.7. The molecule has 1 aromatic carbocycles. The molecule has 2 nitrogen and oxygen atoms in total. The summed E-state index contributed by atoms with van der Waals surface area (Å²) in [5.74, 6) is 0.810. The van der Waals surface area contributed by atoms with E-state index in [1.54, 1.807) is 0 Å². The van der Waals surface area contributed by atoms with Crippen LogP contribution in [0.5, 0.6) is 5.75 Å². The highest BCUT2D eigenvalue weighted by atomic mass is 35.5. The number of nitrogens with two attached hydrogens (primary N) is 1. The fraction of sp³-hybridized carbons (Fsp3) is 0.333. The summed E-state index contributed by atoms with van der Waals surface area (Å²) in [5, 5.41) is 0.485. The number of hydrogen-bond donors (Lipinski definition) is 1. The van der Waals surface area contributed by atoms with E-state index >= 15 is 0 Å². The van der Waals surface area contributed by atoms with E-state index in [1.165, 1.54) is 16.7 Å². The molecule has 86 valence electrons. The van der Waals surface area contributed by atoms with E-state index in [4.69, 9.17) is 33.7 Å². The smallest absolute Gasteiger partial charge is 0.125 e. The summed E-state index contributed by atoms with van der Waals surface area (Å²) in [6.07, 6.45) is 2.04. The fourth-order valence-corrected chi connectivity index (χ4v) is 2.02. The number of rotatable bonds is 3. The second kappa shape index (κ2) is 5.09. The van der Waals surface area contributed by atoms with Crippen LogP contribution in [0.25, 0.3) is 0 Å². The van der Waals surface area contributed by atoms with Gasteiger partial charge in [-0.3, -0.25) is 0 Å². The maximum absolute atomic E-state index is 5.95. The third-order valence-corrected chi connectivity index (χ3v) is 3.33. The van der Waals surface area contributed by atoms with Crippen LogP contribution >= 0.6 is 23.2 Å². The Morgan fingerprint density at radius 1 is 1.56 bits per heavy atom. The van der Waals surface area contributed by atoms with Gasteiger partial charge >= 0.3 is 0 Å². The second-order valence-electron chi connectivity index (χ2n) is 3.85. The number of ether oxygens (including phenoxy) is 1. The average Bonchev–Trinajstić information content (AvgIpc) is 2.67. The molecular formula is C12H13Cl2NO. The molecule has 1 aliphatic rings. The maximum Gasteiger partial charge on any atom is 0.125 e. The lowest BCUT2D eigenvalue weighted by atomic mass is 10.1. The summed E-state index contributed by atoms with van der Waals surface area (Å²) in [6, 6.07) is 6.15. The molecule has 0 saturated heterocycles. The first kappa shape index (κ1) is 11.8. The van der Waals surface area contributed by atoms with Gasteiger partial charge in [-0.05, 0) is 36.1 Å². The first-order valence-electron chi connectivity index (χ1n) is 5.16. The molecule has 1 unspecified atom stereocenters. The molecule has 4 heteroatoms. The van der Waals surface area contributed by atoms with Crippen molar-refractivity contribution in [3.8, 4) is 5.75 Å². The number of benzene rings is 1. The lowest BCUT2D eigenvalue weighted by Crippen LogP contribution is -2.05. The average molecular weight is 258 g/mol. The summed E-state index contributed by atoms with van der Waals surface area (Å²) in [5.41, 5.74) is 9.76. The minimum atomic E-state index is 0.176. The Balaban J connectivity index is 2.08. The molecule has 0 aliphatic heterocycles. The lowest BCUT2D eigenvalue weighted by molar-refractivity contribution is 0.359. The number of hydrogen-bond acceptors (Lipinski definition) is 2. The molecule has 0 heterocycles. The van der Waals surface area contributed by atoms with Crippen LogP contribution in [0.1, 0.15) is 23.6 Å². The van der Waals surface area contributed by atoms with E-state index in [9.17, 15) is 0 Å². The highest BCUT2D eigenvalue weighted by Gasteiger charge is 2.18. The number of fused-ring (bicyclic) bond motifs is 1. The third-order valence-electron chi connectivity index (χ3n) is 2.73. The van der Waals surface area contributed by atoms with Crippen LogP contribution in [0.15, 0.2) is 28.8 Å². The Morgan fingerprint density at radius 3 is 3.12 bits per heavy atom. The Kier molecular flexibility index (Phi) is 3.74. The van der Waals surface area contributed by atoms with Gasteiger partial charge in [0.15, 0.2) is 0 Å². The zero-order valence-electron chi connectivity index (χ0n) is 8.75. The molecule has 0 aromatic heterocycles. The van der Waals surface area contributed by atoms with Gasteiger partial charge in [-0.15, -0.1) is 0 Å². The largest absolute Gasteiger partial charge is 0.488 e. The van der Waals surface area contributed by atoms with Crippen LogP contribution in [-0.2, 0) is 6.42 Å². The van der Waals surface area contributed by atoms with E-state index in [0.29, 0.717) is 11.6 Å². The molecule has 2 rings (SSSR count). The van der Waals surface area contributed by atoms with Gasteiger partial charge in [0.25, 0.3) is 0 Å². The first-order valence-corrected chi connectivity index (χ1v) is 5.98. The van der Waals surface area contributed by atoms with Gasteiger partial charge in [0.2, 0.25) is 0 Å². The minimum Gasteiger partial charge on any atom is -0.488 e. The molecule has 0 radical (unpaired) electrons. The van der Waals surface area contributed by atoms with Gasteiger partial charge in [0.05, 0.1) is 5.03 Å². The van der Waals surface area contributed by atoms with E-state index < -0.39 is 0 Å². The van der Waals surface area contributed by atoms with Crippen molar-refractivity contribution >= 4 is 23.2 Å². The van der Waals surface area contributed by atoms with Crippen molar-refractivity contribution < 1.29 is 4.74 Å². The molecule has 2 N–H and O–H groups in total. The maximum atomic E-state index is 5.95. The van der Waals surface area contributed by atoms with Gasteiger partial charge in [0, 0.05) is 11.6 Å². The highest BCUT2D eigenvalue weighted by Crippen LogP contribution is 2.31. The van der Waals surface area contributed by atoms with Crippen molar-refractivity contribution in [3.63, 3.8) is 0 Å². The zero-order valence-corrected chi connectivity index (χ0v) is 10.3. The van der Waals surface area contributed by atoms with Gasteiger partial charge < -0.3 is 10.5 Å². The van der Waals surface area contributed by atoms with Gasteiger partial charge in [-0.25, -0.2) is 0 Å². The molecule has 0 saturated carbocycles. The minimum absolute atomic E-state index is 0.176. The quantitative estimate of drug-likeness (QED) is 0.902. The van der Waals surface area contributed by atoms with Gasteiger partial charge in [-0.1, -0.05) is 29.3 Å².